The summed E-state index contributed by atoms with van der Waals surface area (Å²) < 4.78 is 17.7. The zero-order valence-corrected chi connectivity index (χ0v) is 32.5. The molecule has 13 nitrogen and oxygen atoms in total. The molecule has 1 amide bonds. The highest BCUT2D eigenvalue weighted by Crippen LogP contribution is 2.55. The molecule has 4 heterocycles. The highest BCUT2D eigenvalue weighted by molar-refractivity contribution is 7.24. The molecule has 15 heteroatoms. The zero-order valence-electron chi connectivity index (χ0n) is 30.9. The summed E-state index contributed by atoms with van der Waals surface area (Å²) in [6, 6.07) is 13.4. The number of azo groups is 1. The predicted octanol–water partition coefficient (Wildman–Crippen LogP) is 8.86. The number of fused-ring (bicyclic) bond motifs is 1. The van der Waals surface area contributed by atoms with Gasteiger partial charge in [0.2, 0.25) is 5.13 Å². The summed E-state index contributed by atoms with van der Waals surface area (Å²) in [5.74, 6) is 0.121. The van der Waals surface area contributed by atoms with Gasteiger partial charge in [0, 0.05) is 25.0 Å². The summed E-state index contributed by atoms with van der Waals surface area (Å²) >= 11 is 2.50. The molecular formula is C39H42N8O5S2. The van der Waals surface area contributed by atoms with E-state index in [1.54, 1.807) is 6.20 Å². The molecule has 0 radical (unpaired) electrons. The molecule has 2 aliphatic rings. The van der Waals surface area contributed by atoms with E-state index in [1.165, 1.54) is 27.6 Å². The van der Waals surface area contributed by atoms with Gasteiger partial charge in [-0.2, -0.15) is 15.8 Å². The zero-order chi connectivity index (χ0) is 38.6. The monoisotopic (exact) mass is 766 g/mol. The summed E-state index contributed by atoms with van der Waals surface area (Å²) in [5.41, 5.74) is 1.37. The van der Waals surface area contributed by atoms with Gasteiger partial charge in [-0.15, -0.1) is 21.6 Å². The van der Waals surface area contributed by atoms with Gasteiger partial charge >= 0.3 is 5.97 Å². The second-order valence-corrected chi connectivity index (χ2v) is 14.5. The highest BCUT2D eigenvalue weighted by Gasteiger charge is 2.42. The largest absolute Gasteiger partial charge is 0.485 e. The van der Waals surface area contributed by atoms with Gasteiger partial charge in [-0.25, -0.2) is 4.98 Å². The fourth-order valence-electron chi connectivity index (χ4n) is 6.14. The number of rotatable bonds is 17. The molecule has 0 N–H and O–H groups in total. The number of allylic oxidation sites excluding steroid dienone is 2. The molecule has 2 aromatic heterocycles. The first kappa shape index (κ1) is 39.6. The maximum absolute atomic E-state index is 13.9. The Kier molecular flexibility index (Phi) is 13.9. The van der Waals surface area contributed by atoms with Crippen LogP contribution in [0.2, 0.25) is 0 Å². The lowest BCUT2D eigenvalue weighted by molar-refractivity contribution is -0.148. The Balaban J connectivity index is 1.34. The maximum atomic E-state index is 13.9. The number of thiazole rings is 1. The van der Waals surface area contributed by atoms with Crippen molar-refractivity contribution in [3.05, 3.63) is 52.2 Å². The molecule has 0 fully saturated rings. The minimum absolute atomic E-state index is 0.0241. The number of amides is 1. The molecule has 1 unspecified atom stereocenters. The topological polar surface area (TPSA) is 177 Å². The standard InChI is InChI=1S/C39H42N8O5S2/c1-5-9-11-25(7-3)38(49)52-18-17-46(8-4)28-14-12-27(13-15-28)44-45-39-43-24-30(53-39)35-33-34(51-20-19-50-33)36(54-35)31-29(23-42)32(26(21-40)22-41)47(37(31)48)16-10-6-2/h12-15,24-25H,5-11,16-20H2,1-4H3. The van der Waals surface area contributed by atoms with Crippen LogP contribution in [-0.2, 0) is 14.3 Å². The van der Waals surface area contributed by atoms with Crippen LogP contribution in [0.15, 0.2) is 57.5 Å². The quantitative estimate of drug-likeness (QED) is 0.0732. The Bertz CT molecular complexity index is 2050. The molecule has 280 valence electrons. The number of aromatic nitrogens is 1. The van der Waals surface area contributed by atoms with Crippen LogP contribution in [0.4, 0.5) is 16.5 Å². The molecule has 1 atom stereocenters. The van der Waals surface area contributed by atoms with E-state index in [0.717, 1.165) is 44.3 Å². The van der Waals surface area contributed by atoms with E-state index in [1.807, 2.05) is 50.3 Å². The summed E-state index contributed by atoms with van der Waals surface area (Å²) in [5, 5.41) is 38.8. The van der Waals surface area contributed by atoms with Crippen LogP contribution in [0.1, 0.15) is 71.1 Å². The first-order chi connectivity index (χ1) is 26.3. The fraction of sp³-hybridized carbons (Fsp3) is 0.436. The molecule has 3 aromatic rings. The number of ether oxygens (including phenoxy) is 3. The first-order valence-corrected chi connectivity index (χ1v) is 19.8. The Labute approximate surface area is 323 Å². The van der Waals surface area contributed by atoms with Crippen LogP contribution in [0.25, 0.3) is 15.3 Å². The Morgan fingerprint density at radius 2 is 1.70 bits per heavy atom. The number of thiophene rings is 1. The van der Waals surface area contributed by atoms with E-state index in [9.17, 15) is 25.4 Å². The molecule has 1 aromatic carbocycles. The average Bonchev–Trinajstić information content (AvgIpc) is 3.90. The van der Waals surface area contributed by atoms with Gasteiger partial charge in [-0.1, -0.05) is 51.4 Å². The van der Waals surface area contributed by atoms with Gasteiger partial charge in [0.25, 0.3) is 5.91 Å². The number of hydrogen-bond donors (Lipinski definition) is 0. The normalized spacial score (nSPS) is 14.2. The molecule has 54 heavy (non-hydrogen) atoms. The molecule has 0 bridgehead atoms. The van der Waals surface area contributed by atoms with Crippen molar-refractivity contribution < 1.29 is 23.8 Å². The van der Waals surface area contributed by atoms with Crippen LogP contribution in [0.5, 0.6) is 11.5 Å². The molecule has 2 aliphatic heterocycles. The van der Waals surface area contributed by atoms with Crippen molar-refractivity contribution in [1.29, 1.82) is 15.8 Å². The Morgan fingerprint density at radius 1 is 1.00 bits per heavy atom. The van der Waals surface area contributed by atoms with Crippen LogP contribution < -0.4 is 14.4 Å². The van der Waals surface area contributed by atoms with Gasteiger partial charge < -0.3 is 24.0 Å². The van der Waals surface area contributed by atoms with Gasteiger partial charge in [0.1, 0.15) is 38.0 Å². The molecule has 0 saturated carbocycles. The van der Waals surface area contributed by atoms with Crippen molar-refractivity contribution >= 4 is 56.6 Å². The summed E-state index contributed by atoms with van der Waals surface area (Å²) in [6.07, 6.45) is 6.76. The molecule has 0 saturated heterocycles. The van der Waals surface area contributed by atoms with E-state index >= 15 is 0 Å². The Hall–Kier alpha value is -5.56. The van der Waals surface area contributed by atoms with E-state index in [2.05, 4.69) is 40.0 Å². The lowest BCUT2D eigenvalue weighted by Crippen LogP contribution is -2.29. The number of hydrogen-bond acceptors (Lipinski definition) is 14. The number of esters is 1. The van der Waals surface area contributed by atoms with E-state index < -0.39 is 5.91 Å². The van der Waals surface area contributed by atoms with Crippen molar-refractivity contribution in [2.75, 3.05) is 44.4 Å². The predicted molar refractivity (Wildman–Crippen MR) is 207 cm³/mol. The van der Waals surface area contributed by atoms with Crippen LogP contribution in [0, 0.1) is 39.9 Å². The SMILES string of the molecule is CCCCC(CC)C(=O)OCCN(CC)c1ccc(N=Nc2ncc(-c3sc(C4=C(C#N)C(=C(C#N)C#N)N(CCCC)C4=O)c4c3OCCO4)s2)cc1. The van der Waals surface area contributed by atoms with Gasteiger partial charge in [0.15, 0.2) is 17.1 Å². The van der Waals surface area contributed by atoms with Gasteiger partial charge in [-0.05, 0) is 50.5 Å². The van der Waals surface area contributed by atoms with Crippen molar-refractivity contribution in [1.82, 2.24) is 9.88 Å². The molecule has 5 rings (SSSR count). The second-order valence-electron chi connectivity index (χ2n) is 12.5. The van der Waals surface area contributed by atoms with E-state index in [0.29, 0.717) is 56.5 Å². The fourth-order valence-corrected chi connectivity index (χ4v) is 8.21. The smallest absolute Gasteiger partial charge is 0.308 e. The third kappa shape index (κ3) is 8.62. The molecular weight excluding hydrogens is 725 g/mol. The number of anilines is 1. The van der Waals surface area contributed by atoms with Crippen molar-refractivity contribution in [2.45, 2.75) is 66.2 Å². The lowest BCUT2D eigenvalue weighted by Gasteiger charge is -2.23. The van der Waals surface area contributed by atoms with Crippen LogP contribution >= 0.6 is 22.7 Å². The van der Waals surface area contributed by atoms with Crippen molar-refractivity contribution in [3.8, 4) is 39.5 Å². The maximum Gasteiger partial charge on any atom is 0.308 e. The van der Waals surface area contributed by atoms with Gasteiger partial charge in [0.05, 0.1) is 49.6 Å². The van der Waals surface area contributed by atoms with Crippen LogP contribution in [0.3, 0.4) is 0 Å². The van der Waals surface area contributed by atoms with Crippen molar-refractivity contribution in [3.63, 3.8) is 0 Å². The number of carbonyl (C=O) groups excluding carboxylic acids is 2. The van der Waals surface area contributed by atoms with Gasteiger partial charge in [-0.3, -0.25) is 9.59 Å². The Morgan fingerprint density at radius 3 is 2.33 bits per heavy atom. The van der Waals surface area contributed by atoms with E-state index in [-0.39, 0.29) is 54.1 Å². The second kappa shape index (κ2) is 19.0. The third-order valence-corrected chi connectivity index (χ3v) is 11.3. The third-order valence-electron chi connectivity index (χ3n) is 9.05. The highest BCUT2D eigenvalue weighted by atomic mass is 32.1. The van der Waals surface area contributed by atoms with Crippen molar-refractivity contribution in [2.24, 2.45) is 16.1 Å². The summed E-state index contributed by atoms with van der Waals surface area (Å²) in [6.45, 7) is 10.6. The minimum Gasteiger partial charge on any atom is -0.485 e. The summed E-state index contributed by atoms with van der Waals surface area (Å²) in [7, 11) is 0. The summed E-state index contributed by atoms with van der Waals surface area (Å²) in [4.78, 5) is 36.1. The number of nitriles is 3. The molecule has 0 aliphatic carbocycles. The van der Waals surface area contributed by atoms with E-state index in [4.69, 9.17) is 14.2 Å². The number of nitrogens with zero attached hydrogens (tertiary/aromatic N) is 8. The number of benzene rings is 1. The number of carbonyl (C=O) groups is 2. The first-order valence-electron chi connectivity index (χ1n) is 18.2. The minimum atomic E-state index is -0.471. The van der Waals surface area contributed by atoms with Crippen LogP contribution in [-0.4, -0.2) is 61.2 Å². The number of unbranched alkanes of at least 4 members (excludes halogenated alkanes) is 2. The lowest BCUT2D eigenvalue weighted by atomic mass is 10.00. The average molecular weight is 767 g/mol. The molecule has 0 spiro atoms. The number of likely N-dealkylation sites (N-methyl/N-ethyl adjacent to an activating group) is 1.